The summed E-state index contributed by atoms with van der Waals surface area (Å²) in [6, 6.07) is 11.2. The van der Waals surface area contributed by atoms with Gasteiger partial charge in [0.1, 0.15) is 0 Å². The number of fused-ring (bicyclic) bond motifs is 1. The number of nitro groups is 1. The minimum atomic E-state index is -0.688. The molecule has 0 radical (unpaired) electrons. The van der Waals surface area contributed by atoms with Crippen molar-refractivity contribution in [3.8, 4) is 0 Å². The molecule has 2 aromatic carbocycles. The minimum absolute atomic E-state index is 0.0380. The van der Waals surface area contributed by atoms with Crippen LogP contribution in [-0.2, 0) is 4.79 Å². The lowest BCUT2D eigenvalue weighted by Gasteiger charge is -2.29. The second kappa shape index (κ2) is 11.4. The summed E-state index contributed by atoms with van der Waals surface area (Å²) < 4.78 is 1.96. The summed E-state index contributed by atoms with van der Waals surface area (Å²) in [7, 11) is 0. The van der Waals surface area contributed by atoms with E-state index < -0.39 is 11.0 Å². The van der Waals surface area contributed by atoms with E-state index in [4.69, 9.17) is 16.6 Å². The molecule has 0 saturated carbocycles. The Morgan fingerprint density at radius 2 is 1.85 bits per heavy atom. The van der Waals surface area contributed by atoms with Gasteiger partial charge in [-0.1, -0.05) is 35.1 Å². The molecule has 3 heterocycles. The molecule has 208 valence electrons. The molecule has 1 fully saturated rings. The van der Waals surface area contributed by atoms with Crippen LogP contribution >= 0.6 is 22.9 Å². The standard InChI is InChI=1S/C29H30ClN5O4S/c1-4-32(5-2)28(37)25-18(3)31-29-34(26(25)19-8-10-21(30)11-9-19)27(36)24(40-29)17-20-16-22(35(38)39)12-13-23(20)33-14-6-7-15-33/h8-13,16-17,26H,4-7,14-15H2,1-3H3/b24-17-/t26-/m1/s1. The number of thiazole rings is 1. The zero-order valence-electron chi connectivity index (χ0n) is 22.6. The van der Waals surface area contributed by atoms with Crippen LogP contribution in [0.1, 0.15) is 50.8 Å². The fraction of sp³-hybridized carbons (Fsp3) is 0.345. The van der Waals surface area contributed by atoms with Gasteiger partial charge in [0.25, 0.3) is 17.2 Å². The predicted octanol–water partition coefficient (Wildman–Crippen LogP) is 4.27. The maximum Gasteiger partial charge on any atom is 0.271 e. The lowest BCUT2D eigenvalue weighted by atomic mass is 9.94. The van der Waals surface area contributed by atoms with Gasteiger partial charge in [0, 0.05) is 54.6 Å². The number of nitrogens with zero attached hydrogens (tertiary/aromatic N) is 5. The maximum atomic E-state index is 14.1. The first-order chi connectivity index (χ1) is 19.2. The van der Waals surface area contributed by atoms with E-state index in [9.17, 15) is 19.7 Å². The number of amides is 1. The SMILES string of the molecule is CCN(CC)C(=O)C1=C(C)N=c2s/c(=C\c3cc([N+](=O)[O-])ccc3N3CCCC3)c(=O)n2[C@@H]1c1ccc(Cl)cc1. The average Bonchev–Trinajstić information content (AvgIpc) is 3.57. The normalized spacial score (nSPS) is 17.1. The highest BCUT2D eigenvalue weighted by Crippen LogP contribution is 2.32. The molecule has 11 heteroatoms. The summed E-state index contributed by atoms with van der Waals surface area (Å²) in [5.74, 6) is -0.171. The molecule has 9 nitrogen and oxygen atoms in total. The molecular formula is C29H30ClN5O4S. The van der Waals surface area contributed by atoms with E-state index in [1.165, 1.54) is 23.5 Å². The fourth-order valence-electron chi connectivity index (χ4n) is 5.40. The molecular weight excluding hydrogens is 550 g/mol. The molecule has 0 spiro atoms. The second-order valence-corrected chi connectivity index (χ2v) is 11.3. The molecule has 2 aliphatic rings. The van der Waals surface area contributed by atoms with Crippen molar-refractivity contribution in [1.29, 1.82) is 0 Å². The van der Waals surface area contributed by atoms with Gasteiger partial charge in [-0.3, -0.25) is 24.3 Å². The van der Waals surface area contributed by atoms with Crippen LogP contribution in [0.2, 0.25) is 5.02 Å². The van der Waals surface area contributed by atoms with Crippen molar-refractivity contribution in [3.63, 3.8) is 0 Å². The van der Waals surface area contributed by atoms with Gasteiger partial charge < -0.3 is 9.80 Å². The Bertz CT molecular complexity index is 1680. The third-order valence-corrected chi connectivity index (χ3v) is 8.68. The Morgan fingerprint density at radius 1 is 1.18 bits per heavy atom. The zero-order chi connectivity index (χ0) is 28.6. The van der Waals surface area contributed by atoms with Crippen LogP contribution in [0, 0.1) is 10.1 Å². The summed E-state index contributed by atoms with van der Waals surface area (Å²) >= 11 is 7.39. The van der Waals surface area contributed by atoms with Crippen molar-refractivity contribution >= 4 is 46.3 Å². The fourth-order valence-corrected chi connectivity index (χ4v) is 6.56. The van der Waals surface area contributed by atoms with Crippen LogP contribution in [0.5, 0.6) is 0 Å². The summed E-state index contributed by atoms with van der Waals surface area (Å²) in [4.78, 5) is 48.0. The van der Waals surface area contributed by atoms with E-state index in [1.807, 2.05) is 26.0 Å². The Kier molecular flexibility index (Phi) is 7.91. The molecule has 0 aliphatic carbocycles. The van der Waals surface area contributed by atoms with Crippen LogP contribution in [0.15, 0.2) is 63.5 Å². The molecule has 1 aromatic heterocycles. The third-order valence-electron chi connectivity index (χ3n) is 7.44. The Labute approximate surface area is 240 Å². The molecule has 1 saturated heterocycles. The highest BCUT2D eigenvalue weighted by molar-refractivity contribution is 7.07. The van der Waals surface area contributed by atoms with Crippen LogP contribution < -0.4 is 19.8 Å². The molecule has 40 heavy (non-hydrogen) atoms. The molecule has 2 aliphatic heterocycles. The first-order valence-corrected chi connectivity index (χ1v) is 14.5. The Hall–Kier alpha value is -3.76. The number of carbonyl (C=O) groups is 1. The van der Waals surface area contributed by atoms with Crippen LogP contribution in [0.25, 0.3) is 6.08 Å². The largest absolute Gasteiger partial charge is 0.371 e. The van der Waals surface area contributed by atoms with Crippen LogP contribution in [0.3, 0.4) is 0 Å². The number of aromatic nitrogens is 1. The summed E-state index contributed by atoms with van der Waals surface area (Å²) in [6.07, 6.45) is 3.80. The third kappa shape index (κ3) is 5.09. The molecule has 0 bridgehead atoms. The Balaban J connectivity index is 1.73. The van der Waals surface area contributed by atoms with Crippen LogP contribution in [0.4, 0.5) is 11.4 Å². The van der Waals surface area contributed by atoms with Crippen molar-refractivity contribution in [2.24, 2.45) is 4.99 Å². The van der Waals surface area contributed by atoms with Gasteiger partial charge in [0.2, 0.25) is 0 Å². The highest BCUT2D eigenvalue weighted by atomic mass is 35.5. The Morgan fingerprint density at radius 3 is 2.48 bits per heavy atom. The lowest BCUT2D eigenvalue weighted by molar-refractivity contribution is -0.384. The second-order valence-electron chi connectivity index (χ2n) is 9.81. The monoisotopic (exact) mass is 579 g/mol. The first kappa shape index (κ1) is 27.8. The highest BCUT2D eigenvalue weighted by Gasteiger charge is 2.34. The number of halogens is 1. The number of allylic oxidation sites excluding steroid dienone is 1. The molecule has 3 aromatic rings. The van der Waals surface area contributed by atoms with Gasteiger partial charge in [-0.15, -0.1) is 0 Å². The topological polar surface area (TPSA) is 101 Å². The van der Waals surface area contributed by atoms with Crippen molar-refractivity contribution in [3.05, 3.63) is 99.7 Å². The summed E-state index contributed by atoms with van der Waals surface area (Å²) in [5, 5.41) is 12.1. The first-order valence-electron chi connectivity index (χ1n) is 13.3. The zero-order valence-corrected chi connectivity index (χ0v) is 24.2. The summed E-state index contributed by atoms with van der Waals surface area (Å²) in [5.41, 5.74) is 2.87. The predicted molar refractivity (Wildman–Crippen MR) is 158 cm³/mol. The number of benzene rings is 2. The van der Waals surface area contributed by atoms with Crippen molar-refractivity contribution in [2.45, 2.75) is 39.7 Å². The number of hydrogen-bond donors (Lipinski definition) is 0. The molecule has 0 unspecified atom stereocenters. The smallest absolute Gasteiger partial charge is 0.271 e. The van der Waals surface area contributed by atoms with Crippen molar-refractivity contribution in [1.82, 2.24) is 9.47 Å². The molecule has 0 N–H and O–H groups in total. The molecule has 1 amide bonds. The van der Waals surface area contributed by atoms with E-state index >= 15 is 0 Å². The van der Waals surface area contributed by atoms with Gasteiger partial charge >= 0.3 is 0 Å². The van der Waals surface area contributed by atoms with Gasteiger partial charge in [-0.25, -0.2) is 4.99 Å². The molecule has 5 rings (SSSR count). The maximum absolute atomic E-state index is 14.1. The number of non-ortho nitro benzene ring substituents is 1. The van der Waals surface area contributed by atoms with Gasteiger partial charge in [0.15, 0.2) is 4.80 Å². The van der Waals surface area contributed by atoms with Gasteiger partial charge in [-0.2, -0.15) is 0 Å². The number of carbonyl (C=O) groups excluding carboxylic acids is 1. The minimum Gasteiger partial charge on any atom is -0.371 e. The van der Waals surface area contributed by atoms with Crippen molar-refractivity contribution in [2.75, 3.05) is 31.1 Å². The van der Waals surface area contributed by atoms with Gasteiger partial charge in [0.05, 0.1) is 26.8 Å². The molecule has 1 atom stereocenters. The van der Waals surface area contributed by atoms with E-state index in [2.05, 4.69) is 4.90 Å². The average molecular weight is 580 g/mol. The van der Waals surface area contributed by atoms with Gasteiger partial charge in [-0.05, 0) is 63.5 Å². The number of anilines is 1. The van der Waals surface area contributed by atoms with E-state index in [0.29, 0.717) is 44.3 Å². The number of rotatable bonds is 7. The quantitative estimate of drug-likeness (QED) is 0.307. The number of nitro benzene ring substituents is 1. The van der Waals surface area contributed by atoms with Crippen LogP contribution in [-0.4, -0.2) is 46.5 Å². The number of hydrogen-bond acceptors (Lipinski definition) is 7. The van der Waals surface area contributed by atoms with E-state index in [0.717, 1.165) is 37.2 Å². The lowest BCUT2D eigenvalue weighted by Crippen LogP contribution is -2.43. The summed E-state index contributed by atoms with van der Waals surface area (Å²) in [6.45, 7) is 8.38. The van der Waals surface area contributed by atoms with E-state index in [-0.39, 0.29) is 17.2 Å². The van der Waals surface area contributed by atoms with Crippen molar-refractivity contribution < 1.29 is 9.72 Å². The van der Waals surface area contributed by atoms with E-state index in [1.54, 1.807) is 40.7 Å². The number of likely N-dealkylation sites (N-methyl/N-ethyl adjacent to an activating group) is 1.